The summed E-state index contributed by atoms with van der Waals surface area (Å²) < 4.78 is 29.5. The van der Waals surface area contributed by atoms with E-state index in [4.69, 9.17) is 11.6 Å². The van der Waals surface area contributed by atoms with Crippen molar-refractivity contribution in [2.24, 2.45) is 0 Å². The van der Waals surface area contributed by atoms with Gasteiger partial charge in [-0.25, -0.2) is 12.4 Å². The Balaban J connectivity index is 1.96. The largest absolute Gasteiger partial charge is 0.268 e. The molecular formula is C27H20ClNO2S. The van der Waals surface area contributed by atoms with Crippen LogP contribution in [0.3, 0.4) is 0 Å². The van der Waals surface area contributed by atoms with Gasteiger partial charge in [0.2, 0.25) is 0 Å². The van der Waals surface area contributed by atoms with E-state index in [0.717, 1.165) is 27.6 Å². The van der Waals surface area contributed by atoms with Crippen LogP contribution in [0.2, 0.25) is 5.02 Å². The normalized spacial score (nSPS) is 11.7. The average molecular weight is 458 g/mol. The first-order valence-corrected chi connectivity index (χ1v) is 12.1. The molecule has 5 rings (SSSR count). The zero-order chi connectivity index (χ0) is 22.3. The first-order chi connectivity index (χ1) is 15.5. The van der Waals surface area contributed by atoms with Gasteiger partial charge in [0.25, 0.3) is 10.0 Å². The highest BCUT2D eigenvalue weighted by atomic mass is 35.5. The maximum Gasteiger partial charge on any atom is 0.268 e. The molecule has 32 heavy (non-hydrogen) atoms. The second-order valence-electron chi connectivity index (χ2n) is 7.70. The van der Waals surface area contributed by atoms with Gasteiger partial charge in [-0.3, -0.25) is 0 Å². The highest BCUT2D eigenvalue weighted by molar-refractivity contribution is 7.90. The summed E-state index contributed by atoms with van der Waals surface area (Å²) in [5.41, 5.74) is 4.79. The highest BCUT2D eigenvalue weighted by Gasteiger charge is 2.28. The maximum absolute atomic E-state index is 14.0. The quantitative estimate of drug-likeness (QED) is 0.287. The summed E-state index contributed by atoms with van der Waals surface area (Å²) >= 11 is 6.38. The van der Waals surface area contributed by atoms with Gasteiger partial charge in [0.1, 0.15) is 0 Å². The highest BCUT2D eigenvalue weighted by Crippen LogP contribution is 2.43. The number of halogens is 1. The molecule has 0 fully saturated rings. The molecule has 3 nitrogen and oxygen atoms in total. The Hall–Kier alpha value is -3.34. The van der Waals surface area contributed by atoms with Crippen molar-refractivity contribution >= 4 is 32.5 Å². The van der Waals surface area contributed by atoms with E-state index in [1.165, 1.54) is 3.97 Å². The Morgan fingerprint density at radius 3 is 1.94 bits per heavy atom. The molecular weight excluding hydrogens is 438 g/mol. The van der Waals surface area contributed by atoms with Gasteiger partial charge in [0.05, 0.1) is 16.1 Å². The van der Waals surface area contributed by atoms with E-state index in [1.54, 1.807) is 24.3 Å². The first kappa shape index (κ1) is 20.6. The van der Waals surface area contributed by atoms with Gasteiger partial charge < -0.3 is 0 Å². The second-order valence-corrected chi connectivity index (χ2v) is 9.92. The van der Waals surface area contributed by atoms with Gasteiger partial charge in [-0.1, -0.05) is 90.0 Å². The number of rotatable bonds is 4. The first-order valence-electron chi connectivity index (χ1n) is 10.2. The Morgan fingerprint density at radius 2 is 1.31 bits per heavy atom. The molecule has 0 aliphatic rings. The predicted molar refractivity (Wildman–Crippen MR) is 132 cm³/mol. The number of benzene rings is 4. The minimum atomic E-state index is -3.89. The molecule has 1 heterocycles. The Kier molecular flexibility index (Phi) is 5.12. The molecule has 4 aromatic carbocycles. The van der Waals surface area contributed by atoms with Crippen LogP contribution in [0.25, 0.3) is 33.3 Å². The summed E-state index contributed by atoms with van der Waals surface area (Å²) in [6.45, 7) is 1.94. The number of hydrogen-bond acceptors (Lipinski definition) is 2. The van der Waals surface area contributed by atoms with Gasteiger partial charge in [-0.05, 0) is 48.4 Å². The molecule has 1 aromatic heterocycles. The molecule has 0 amide bonds. The molecule has 0 spiro atoms. The summed E-state index contributed by atoms with van der Waals surface area (Å²) in [7, 11) is -3.89. The summed E-state index contributed by atoms with van der Waals surface area (Å²) in [5, 5.41) is 1.34. The summed E-state index contributed by atoms with van der Waals surface area (Å²) in [6, 6.07) is 31.7. The number of fused-ring (bicyclic) bond motifs is 1. The molecule has 0 unspecified atom stereocenters. The molecule has 0 N–H and O–H groups in total. The van der Waals surface area contributed by atoms with Gasteiger partial charge >= 0.3 is 0 Å². The summed E-state index contributed by atoms with van der Waals surface area (Å²) in [6.07, 6.45) is 0. The zero-order valence-electron chi connectivity index (χ0n) is 17.4. The van der Waals surface area contributed by atoms with E-state index in [2.05, 4.69) is 0 Å². The van der Waals surface area contributed by atoms with Crippen LogP contribution >= 0.6 is 11.6 Å². The topological polar surface area (TPSA) is 39.1 Å². The number of aryl methyl sites for hydroxylation is 1. The van der Waals surface area contributed by atoms with Crippen LogP contribution in [-0.4, -0.2) is 12.4 Å². The van der Waals surface area contributed by atoms with Crippen molar-refractivity contribution in [3.63, 3.8) is 0 Å². The number of nitrogens with zero attached hydrogens (tertiary/aromatic N) is 1. The van der Waals surface area contributed by atoms with Crippen molar-refractivity contribution in [2.45, 2.75) is 11.8 Å². The van der Waals surface area contributed by atoms with Crippen molar-refractivity contribution in [1.82, 2.24) is 3.97 Å². The lowest BCUT2D eigenvalue weighted by Gasteiger charge is -2.14. The summed E-state index contributed by atoms with van der Waals surface area (Å²) in [4.78, 5) is 0.242. The minimum Gasteiger partial charge on any atom is -0.233 e. The van der Waals surface area contributed by atoms with Gasteiger partial charge in [0, 0.05) is 16.0 Å². The van der Waals surface area contributed by atoms with Crippen molar-refractivity contribution in [2.75, 3.05) is 0 Å². The van der Waals surface area contributed by atoms with Crippen LogP contribution in [0.5, 0.6) is 0 Å². The molecule has 158 valence electrons. The fourth-order valence-electron chi connectivity index (χ4n) is 4.06. The minimum absolute atomic E-state index is 0.242. The van der Waals surface area contributed by atoms with E-state index in [-0.39, 0.29) is 4.90 Å². The lowest BCUT2D eigenvalue weighted by Crippen LogP contribution is -2.14. The van der Waals surface area contributed by atoms with Crippen molar-refractivity contribution in [3.05, 3.63) is 114 Å². The zero-order valence-corrected chi connectivity index (χ0v) is 18.9. The smallest absolute Gasteiger partial charge is 0.233 e. The lowest BCUT2D eigenvalue weighted by atomic mass is 9.98. The van der Waals surface area contributed by atoms with E-state index >= 15 is 0 Å². The fourth-order valence-corrected chi connectivity index (χ4v) is 5.77. The summed E-state index contributed by atoms with van der Waals surface area (Å²) in [5.74, 6) is 0. The van der Waals surface area contributed by atoms with Gasteiger partial charge in [-0.2, -0.15) is 0 Å². The van der Waals surface area contributed by atoms with E-state index in [9.17, 15) is 8.42 Å². The van der Waals surface area contributed by atoms with Gasteiger partial charge in [0.15, 0.2) is 0 Å². The van der Waals surface area contributed by atoms with Crippen molar-refractivity contribution in [3.8, 4) is 22.4 Å². The predicted octanol–water partition coefficient (Wildman–Crippen LogP) is 7.17. The molecule has 0 saturated heterocycles. The molecule has 0 aliphatic heterocycles. The van der Waals surface area contributed by atoms with Crippen molar-refractivity contribution in [1.29, 1.82) is 0 Å². The Bertz CT molecular complexity index is 1520. The van der Waals surface area contributed by atoms with Crippen LogP contribution in [0.1, 0.15) is 5.56 Å². The maximum atomic E-state index is 14.0. The molecule has 0 radical (unpaired) electrons. The standard InChI is InChI=1S/C27H20ClNO2S/c1-19-12-15-23(16-13-19)32(30,31)29-25-17-14-22(28)18-24(25)26(20-8-4-2-5-9-20)27(29)21-10-6-3-7-11-21/h2-18H,1H3. The van der Waals surface area contributed by atoms with Gasteiger partial charge in [-0.15, -0.1) is 0 Å². The number of hydrogen-bond donors (Lipinski definition) is 0. The third-order valence-electron chi connectivity index (χ3n) is 5.56. The molecule has 0 aliphatic carbocycles. The number of aromatic nitrogens is 1. The molecule has 5 aromatic rings. The van der Waals surface area contributed by atoms with Crippen LogP contribution in [-0.2, 0) is 10.0 Å². The molecule has 0 bridgehead atoms. The Labute approximate surface area is 192 Å². The molecule has 5 heteroatoms. The van der Waals surface area contributed by atoms with Crippen LogP contribution in [0, 0.1) is 6.92 Å². The van der Waals surface area contributed by atoms with Crippen molar-refractivity contribution < 1.29 is 8.42 Å². The van der Waals surface area contributed by atoms with Crippen LogP contribution < -0.4 is 0 Å². The fraction of sp³-hybridized carbons (Fsp3) is 0.0370. The average Bonchev–Trinajstić information content (AvgIpc) is 3.15. The van der Waals surface area contributed by atoms with E-state index in [0.29, 0.717) is 16.2 Å². The molecule has 0 saturated carbocycles. The van der Waals surface area contributed by atoms with E-state index in [1.807, 2.05) is 85.8 Å². The SMILES string of the molecule is Cc1ccc(S(=O)(=O)n2c(-c3ccccc3)c(-c3ccccc3)c3cc(Cl)ccc32)cc1. The second kappa shape index (κ2) is 7.97. The van der Waals surface area contributed by atoms with Crippen LogP contribution in [0.15, 0.2) is 108 Å². The molecule has 0 atom stereocenters. The third kappa shape index (κ3) is 3.42. The van der Waals surface area contributed by atoms with Crippen LogP contribution in [0.4, 0.5) is 0 Å². The van der Waals surface area contributed by atoms with E-state index < -0.39 is 10.0 Å². The lowest BCUT2D eigenvalue weighted by molar-refractivity contribution is 0.589. The Morgan fingerprint density at radius 1 is 0.719 bits per heavy atom. The monoisotopic (exact) mass is 457 g/mol. The third-order valence-corrected chi connectivity index (χ3v) is 7.52.